The van der Waals surface area contributed by atoms with E-state index in [0.717, 1.165) is 19.7 Å². The van der Waals surface area contributed by atoms with Gasteiger partial charge in [-0.3, -0.25) is 0 Å². The molecule has 2 aromatic rings. The molecule has 1 aromatic carbocycles. The van der Waals surface area contributed by atoms with Crippen LogP contribution in [0.2, 0.25) is 0 Å². The Kier molecular flexibility index (Phi) is 4.56. The molecule has 3 heteroatoms. The molecule has 18 heavy (non-hydrogen) atoms. The van der Waals surface area contributed by atoms with Crippen LogP contribution in [-0.4, -0.2) is 24.8 Å². The van der Waals surface area contributed by atoms with Gasteiger partial charge in [-0.2, -0.15) is 0 Å². The van der Waals surface area contributed by atoms with Crippen molar-refractivity contribution in [2.24, 2.45) is 0 Å². The van der Waals surface area contributed by atoms with E-state index in [-0.39, 0.29) is 0 Å². The van der Waals surface area contributed by atoms with Crippen LogP contribution in [0.3, 0.4) is 0 Å². The summed E-state index contributed by atoms with van der Waals surface area (Å²) in [5.41, 5.74) is 3.75. The van der Waals surface area contributed by atoms with E-state index in [1.807, 2.05) is 0 Å². The summed E-state index contributed by atoms with van der Waals surface area (Å²) in [7, 11) is 1.72. The average molecular weight is 244 g/mol. The van der Waals surface area contributed by atoms with E-state index in [0.29, 0.717) is 0 Å². The molecule has 1 heterocycles. The highest BCUT2D eigenvalue weighted by atomic mass is 16.5. The molecular weight excluding hydrogens is 224 g/mol. The zero-order valence-electron chi connectivity index (χ0n) is 11.0. The van der Waals surface area contributed by atoms with Gasteiger partial charge in [-0.05, 0) is 31.2 Å². The summed E-state index contributed by atoms with van der Waals surface area (Å²) in [5, 5.41) is 3.36. The molecule has 0 atom stereocenters. The van der Waals surface area contributed by atoms with Crippen molar-refractivity contribution in [3.63, 3.8) is 0 Å². The van der Waals surface area contributed by atoms with Gasteiger partial charge in [-0.1, -0.05) is 17.7 Å². The Morgan fingerprint density at radius 2 is 1.94 bits per heavy atom. The standard InChI is InChI=1S/C15H20N2O/c1-13-5-7-14(8-6-13)17-10-3-4-15(17)12-16-9-11-18-2/h3-8,10,16H,9,11-12H2,1-2H3. The van der Waals surface area contributed by atoms with Crippen molar-refractivity contribution in [3.8, 4) is 5.69 Å². The van der Waals surface area contributed by atoms with Crippen molar-refractivity contribution in [1.29, 1.82) is 0 Å². The maximum Gasteiger partial charge on any atom is 0.0587 e. The van der Waals surface area contributed by atoms with Gasteiger partial charge in [0.2, 0.25) is 0 Å². The predicted octanol–water partition coefficient (Wildman–Crippen LogP) is 2.52. The minimum Gasteiger partial charge on any atom is -0.383 e. The molecule has 0 radical (unpaired) electrons. The molecule has 0 fully saturated rings. The Morgan fingerprint density at radius 3 is 2.67 bits per heavy atom. The summed E-state index contributed by atoms with van der Waals surface area (Å²) >= 11 is 0. The van der Waals surface area contributed by atoms with Crippen molar-refractivity contribution in [2.75, 3.05) is 20.3 Å². The summed E-state index contributed by atoms with van der Waals surface area (Å²) in [6.07, 6.45) is 2.10. The molecule has 0 bridgehead atoms. The van der Waals surface area contributed by atoms with E-state index in [9.17, 15) is 0 Å². The fourth-order valence-electron chi connectivity index (χ4n) is 1.91. The predicted molar refractivity (Wildman–Crippen MR) is 74.1 cm³/mol. The molecule has 0 saturated carbocycles. The lowest BCUT2D eigenvalue weighted by atomic mass is 10.2. The van der Waals surface area contributed by atoms with Crippen LogP contribution in [0.25, 0.3) is 5.69 Å². The van der Waals surface area contributed by atoms with E-state index < -0.39 is 0 Å². The van der Waals surface area contributed by atoms with Gasteiger partial charge in [0.05, 0.1) is 6.61 Å². The van der Waals surface area contributed by atoms with Gasteiger partial charge < -0.3 is 14.6 Å². The zero-order valence-corrected chi connectivity index (χ0v) is 11.0. The molecular formula is C15H20N2O. The molecule has 1 aromatic heterocycles. The minimum atomic E-state index is 0.741. The first-order valence-corrected chi connectivity index (χ1v) is 6.24. The van der Waals surface area contributed by atoms with E-state index in [2.05, 4.69) is 59.4 Å². The Balaban J connectivity index is 2.05. The normalized spacial score (nSPS) is 10.8. The average Bonchev–Trinajstić information content (AvgIpc) is 2.84. The number of hydrogen-bond donors (Lipinski definition) is 1. The molecule has 0 aliphatic rings. The Hall–Kier alpha value is -1.58. The van der Waals surface area contributed by atoms with Gasteiger partial charge in [0.1, 0.15) is 0 Å². The van der Waals surface area contributed by atoms with Crippen LogP contribution < -0.4 is 5.32 Å². The molecule has 0 aliphatic carbocycles. The van der Waals surface area contributed by atoms with E-state index in [1.165, 1.54) is 16.9 Å². The lowest BCUT2D eigenvalue weighted by Crippen LogP contribution is -2.20. The fourth-order valence-corrected chi connectivity index (χ4v) is 1.91. The second-order valence-electron chi connectivity index (χ2n) is 4.37. The summed E-state index contributed by atoms with van der Waals surface area (Å²) in [4.78, 5) is 0. The molecule has 1 N–H and O–H groups in total. The number of ether oxygens (including phenoxy) is 1. The minimum absolute atomic E-state index is 0.741. The number of nitrogens with zero attached hydrogens (tertiary/aromatic N) is 1. The van der Waals surface area contributed by atoms with Crippen molar-refractivity contribution in [2.45, 2.75) is 13.5 Å². The third-order valence-corrected chi connectivity index (χ3v) is 2.93. The number of nitrogens with one attached hydrogen (secondary N) is 1. The van der Waals surface area contributed by atoms with Gasteiger partial charge in [0.15, 0.2) is 0 Å². The first-order chi connectivity index (χ1) is 8.81. The number of benzene rings is 1. The first kappa shape index (κ1) is 12.9. The SMILES string of the molecule is COCCNCc1cccn1-c1ccc(C)cc1. The lowest BCUT2D eigenvalue weighted by molar-refractivity contribution is 0.199. The zero-order chi connectivity index (χ0) is 12.8. The topological polar surface area (TPSA) is 26.2 Å². The summed E-state index contributed by atoms with van der Waals surface area (Å²) in [5.74, 6) is 0. The van der Waals surface area contributed by atoms with Crippen LogP contribution in [0.15, 0.2) is 42.6 Å². The van der Waals surface area contributed by atoms with E-state index in [4.69, 9.17) is 4.74 Å². The number of aryl methyl sites for hydroxylation is 1. The van der Waals surface area contributed by atoms with Gasteiger partial charge in [0, 0.05) is 37.8 Å². The third kappa shape index (κ3) is 3.22. The number of hydrogen-bond acceptors (Lipinski definition) is 2. The maximum atomic E-state index is 5.02. The highest BCUT2D eigenvalue weighted by molar-refractivity contribution is 5.37. The summed E-state index contributed by atoms with van der Waals surface area (Å²) < 4.78 is 7.23. The molecule has 2 rings (SSSR count). The molecule has 0 saturated heterocycles. The third-order valence-electron chi connectivity index (χ3n) is 2.93. The lowest BCUT2D eigenvalue weighted by Gasteiger charge is -2.10. The van der Waals surface area contributed by atoms with Crippen molar-refractivity contribution in [3.05, 3.63) is 53.9 Å². The van der Waals surface area contributed by atoms with E-state index in [1.54, 1.807) is 7.11 Å². The van der Waals surface area contributed by atoms with Gasteiger partial charge in [0.25, 0.3) is 0 Å². The molecule has 0 aliphatic heterocycles. The van der Waals surface area contributed by atoms with Crippen molar-refractivity contribution < 1.29 is 4.74 Å². The van der Waals surface area contributed by atoms with Crippen LogP contribution in [0.4, 0.5) is 0 Å². The molecule has 0 unspecified atom stereocenters. The quantitative estimate of drug-likeness (QED) is 0.790. The monoisotopic (exact) mass is 244 g/mol. The van der Waals surface area contributed by atoms with Gasteiger partial charge in [-0.15, -0.1) is 0 Å². The largest absolute Gasteiger partial charge is 0.383 e. The first-order valence-electron chi connectivity index (χ1n) is 6.24. The molecule has 96 valence electrons. The fraction of sp³-hybridized carbons (Fsp3) is 0.333. The highest BCUT2D eigenvalue weighted by Gasteiger charge is 2.02. The second kappa shape index (κ2) is 6.38. The molecule has 0 spiro atoms. The Labute approximate surface area is 108 Å². The van der Waals surface area contributed by atoms with Crippen LogP contribution in [0.5, 0.6) is 0 Å². The Bertz CT molecular complexity index is 473. The second-order valence-corrected chi connectivity index (χ2v) is 4.37. The van der Waals surface area contributed by atoms with Crippen molar-refractivity contribution in [1.82, 2.24) is 9.88 Å². The van der Waals surface area contributed by atoms with Gasteiger partial charge >= 0.3 is 0 Å². The van der Waals surface area contributed by atoms with Gasteiger partial charge in [-0.25, -0.2) is 0 Å². The van der Waals surface area contributed by atoms with E-state index >= 15 is 0 Å². The number of rotatable bonds is 6. The number of methoxy groups -OCH3 is 1. The maximum absolute atomic E-state index is 5.02. The summed E-state index contributed by atoms with van der Waals surface area (Å²) in [6.45, 7) is 4.57. The van der Waals surface area contributed by atoms with Crippen LogP contribution in [0.1, 0.15) is 11.3 Å². The highest BCUT2D eigenvalue weighted by Crippen LogP contribution is 2.13. The Morgan fingerprint density at radius 1 is 1.17 bits per heavy atom. The van der Waals surface area contributed by atoms with Crippen LogP contribution in [-0.2, 0) is 11.3 Å². The number of aromatic nitrogens is 1. The van der Waals surface area contributed by atoms with Crippen molar-refractivity contribution >= 4 is 0 Å². The van der Waals surface area contributed by atoms with Crippen LogP contribution in [0, 0.1) is 6.92 Å². The molecule has 0 amide bonds. The molecule has 3 nitrogen and oxygen atoms in total. The van der Waals surface area contributed by atoms with Crippen LogP contribution >= 0.6 is 0 Å². The summed E-state index contributed by atoms with van der Waals surface area (Å²) in [6, 6.07) is 12.8. The smallest absolute Gasteiger partial charge is 0.0587 e.